The molecule has 0 radical (unpaired) electrons. The van der Waals surface area contributed by atoms with Crippen LogP contribution in [0.15, 0.2) is 54.6 Å². The van der Waals surface area contributed by atoms with Gasteiger partial charge in [0.15, 0.2) is 0 Å². The summed E-state index contributed by atoms with van der Waals surface area (Å²) in [6.07, 6.45) is 3.81. The molecule has 1 saturated heterocycles. The van der Waals surface area contributed by atoms with Crippen LogP contribution in [0, 0.1) is 0 Å². The van der Waals surface area contributed by atoms with E-state index in [-0.39, 0.29) is 12.6 Å². The molecule has 1 amide bonds. The molecule has 2 aromatic heterocycles. The zero-order valence-electron chi connectivity index (χ0n) is 36.3. The molecule has 3 heterocycles. The number of aryl methyl sites for hydroxylation is 3. The van der Waals surface area contributed by atoms with Crippen molar-refractivity contribution in [3.63, 3.8) is 0 Å². The number of halogens is 2. The lowest BCUT2D eigenvalue weighted by Gasteiger charge is -2.33. The maximum atomic E-state index is 14.2. The molecule has 324 valence electrons. The van der Waals surface area contributed by atoms with Crippen LogP contribution in [-0.2, 0) is 40.6 Å². The van der Waals surface area contributed by atoms with E-state index in [2.05, 4.69) is 50.5 Å². The molecular formula is C47H61BrClN5O6. The van der Waals surface area contributed by atoms with E-state index in [9.17, 15) is 9.59 Å². The number of morpholine rings is 1. The predicted molar refractivity (Wildman–Crippen MR) is 244 cm³/mol. The van der Waals surface area contributed by atoms with Crippen molar-refractivity contribution in [1.29, 1.82) is 0 Å². The van der Waals surface area contributed by atoms with Gasteiger partial charge < -0.3 is 28.4 Å². The summed E-state index contributed by atoms with van der Waals surface area (Å²) >= 11 is 11.1. The minimum Gasteiger partial charge on any atom is -0.493 e. The van der Waals surface area contributed by atoms with Crippen LogP contribution in [0.1, 0.15) is 93.8 Å². The smallest absolute Gasteiger partial charge is 0.410 e. The van der Waals surface area contributed by atoms with Gasteiger partial charge in [0, 0.05) is 73.2 Å². The Hall–Kier alpha value is -4.10. The van der Waals surface area contributed by atoms with Gasteiger partial charge in [0.25, 0.3) is 0 Å². The van der Waals surface area contributed by atoms with Gasteiger partial charge >= 0.3 is 12.1 Å². The number of carbonyl (C=O) groups excluding carboxylic acids is 2. The van der Waals surface area contributed by atoms with Crippen LogP contribution < -0.4 is 4.74 Å². The fraction of sp³-hybridized carbons (Fsp3) is 0.511. The Morgan fingerprint density at radius 3 is 2.43 bits per heavy atom. The Morgan fingerprint density at radius 2 is 1.72 bits per heavy atom. The SMILES string of the molecule is CCOC(=O)c1c(CCCOc2cccc3ccccc23)c2ccc(Cl)c(-c3c(C(CCN4CCOCC4)N(C)C(=O)OC(C)(C)C)nn(C)c3CC)c2n1CCCCBr. The second-order valence-electron chi connectivity index (χ2n) is 16.4. The number of benzene rings is 3. The van der Waals surface area contributed by atoms with Crippen LogP contribution in [-0.4, -0.2) is 100 Å². The number of aromatic nitrogens is 3. The number of amides is 1. The number of carbonyl (C=O) groups is 2. The highest BCUT2D eigenvalue weighted by molar-refractivity contribution is 9.09. The molecule has 0 saturated carbocycles. The number of alkyl halides is 1. The number of fused-ring (bicyclic) bond motifs is 2. The molecule has 6 rings (SSSR count). The lowest BCUT2D eigenvalue weighted by Crippen LogP contribution is -2.41. The minimum absolute atomic E-state index is 0.244. The van der Waals surface area contributed by atoms with E-state index in [0.29, 0.717) is 62.8 Å². The van der Waals surface area contributed by atoms with Crippen molar-refractivity contribution in [2.45, 2.75) is 91.3 Å². The topological polar surface area (TPSA) is 100 Å². The molecule has 3 aromatic carbocycles. The Bertz CT molecular complexity index is 2250. The molecule has 1 aliphatic rings. The van der Waals surface area contributed by atoms with Crippen LogP contribution in [0.25, 0.3) is 32.8 Å². The summed E-state index contributed by atoms with van der Waals surface area (Å²) in [5.74, 6) is 0.468. The summed E-state index contributed by atoms with van der Waals surface area (Å²) in [5.41, 5.74) is 5.00. The normalized spacial score (nSPS) is 14.2. The average Bonchev–Trinajstić information content (AvgIpc) is 3.72. The first-order valence-corrected chi connectivity index (χ1v) is 22.9. The van der Waals surface area contributed by atoms with E-state index in [1.54, 1.807) is 11.9 Å². The molecule has 1 aliphatic heterocycles. The number of hydrogen-bond acceptors (Lipinski definition) is 8. The second-order valence-corrected chi connectivity index (χ2v) is 17.6. The van der Waals surface area contributed by atoms with Gasteiger partial charge in [-0.3, -0.25) is 9.58 Å². The van der Waals surface area contributed by atoms with Crippen molar-refractivity contribution in [2.75, 3.05) is 58.4 Å². The molecule has 1 unspecified atom stereocenters. The fourth-order valence-corrected chi connectivity index (χ4v) is 9.00. The van der Waals surface area contributed by atoms with Crippen LogP contribution in [0.4, 0.5) is 4.79 Å². The first-order chi connectivity index (χ1) is 28.9. The molecule has 1 atom stereocenters. The number of esters is 1. The summed E-state index contributed by atoms with van der Waals surface area (Å²) in [7, 11) is 3.75. The van der Waals surface area contributed by atoms with E-state index >= 15 is 0 Å². The van der Waals surface area contributed by atoms with Crippen molar-refractivity contribution in [3.05, 3.63) is 82.3 Å². The number of nitrogens with zero attached hydrogens (tertiary/aromatic N) is 5. The van der Waals surface area contributed by atoms with Crippen molar-refractivity contribution >= 4 is 61.3 Å². The van der Waals surface area contributed by atoms with E-state index < -0.39 is 17.7 Å². The molecule has 0 bridgehead atoms. The van der Waals surface area contributed by atoms with Gasteiger partial charge in [-0.15, -0.1) is 0 Å². The summed E-state index contributed by atoms with van der Waals surface area (Å²) < 4.78 is 27.9. The lowest BCUT2D eigenvalue weighted by molar-refractivity contribution is 0.0148. The van der Waals surface area contributed by atoms with Crippen LogP contribution in [0.3, 0.4) is 0 Å². The third-order valence-electron chi connectivity index (χ3n) is 11.2. The molecular weight excluding hydrogens is 846 g/mol. The Morgan fingerprint density at radius 1 is 0.967 bits per heavy atom. The van der Waals surface area contributed by atoms with Gasteiger partial charge in [-0.2, -0.15) is 5.10 Å². The molecule has 13 heteroatoms. The number of rotatable bonds is 18. The predicted octanol–water partition coefficient (Wildman–Crippen LogP) is 10.4. The minimum atomic E-state index is -0.688. The zero-order valence-corrected chi connectivity index (χ0v) is 38.7. The Kier molecular flexibility index (Phi) is 15.6. The van der Waals surface area contributed by atoms with Crippen LogP contribution >= 0.6 is 27.5 Å². The van der Waals surface area contributed by atoms with Gasteiger partial charge in [-0.05, 0) is 89.3 Å². The number of unbranched alkanes of at least 4 members (excludes halogenated alkanes) is 1. The Labute approximate surface area is 368 Å². The molecule has 60 heavy (non-hydrogen) atoms. The molecule has 0 aliphatic carbocycles. The summed E-state index contributed by atoms with van der Waals surface area (Å²) in [6.45, 7) is 14.6. The third kappa shape index (κ3) is 10.3. The standard InChI is InChI=1S/C47H61BrClN5O6/c1-8-37-41(42(50-52(37)7)38(23-26-53-27-30-57-31-28-53)51(6)46(56)60-47(3,4)5)40-36(49)22-21-35-34(44(45(55)58-9-2)54(43(35)40)25-13-12-24-48)19-15-29-59-39-20-14-17-32-16-10-11-18-33(32)39/h10-11,14,16-18,20-22,38H,8-9,12-13,15,19,23-31H2,1-7H3. The first-order valence-electron chi connectivity index (χ1n) is 21.4. The van der Waals surface area contributed by atoms with Crippen molar-refractivity contribution in [3.8, 4) is 16.9 Å². The van der Waals surface area contributed by atoms with E-state index in [4.69, 9.17) is 35.6 Å². The second kappa shape index (κ2) is 20.6. The van der Waals surface area contributed by atoms with Crippen molar-refractivity contribution in [1.82, 2.24) is 24.1 Å². The van der Waals surface area contributed by atoms with Gasteiger partial charge in [0.05, 0.1) is 48.7 Å². The maximum Gasteiger partial charge on any atom is 0.410 e. The van der Waals surface area contributed by atoms with E-state index in [0.717, 1.165) is 93.3 Å². The highest BCUT2D eigenvalue weighted by atomic mass is 79.9. The summed E-state index contributed by atoms with van der Waals surface area (Å²) in [4.78, 5) is 32.2. The monoisotopic (exact) mass is 905 g/mol. The number of hydrogen-bond donors (Lipinski definition) is 0. The van der Waals surface area contributed by atoms with Crippen molar-refractivity contribution in [2.24, 2.45) is 7.05 Å². The molecule has 1 fully saturated rings. The maximum absolute atomic E-state index is 14.2. The lowest BCUT2D eigenvalue weighted by atomic mass is 9.93. The van der Waals surface area contributed by atoms with Crippen molar-refractivity contribution < 1.29 is 28.5 Å². The quantitative estimate of drug-likeness (QED) is 0.0487. The third-order valence-corrected chi connectivity index (χ3v) is 12.0. The van der Waals surface area contributed by atoms with Gasteiger partial charge in [0.2, 0.25) is 0 Å². The first kappa shape index (κ1) is 45.4. The Balaban J connectivity index is 1.51. The molecule has 0 N–H and O–H groups in total. The average molecular weight is 907 g/mol. The largest absolute Gasteiger partial charge is 0.493 e. The summed E-state index contributed by atoms with van der Waals surface area (Å²) in [5, 5.41) is 9.72. The number of ether oxygens (including phenoxy) is 4. The van der Waals surface area contributed by atoms with Gasteiger partial charge in [0.1, 0.15) is 17.0 Å². The van der Waals surface area contributed by atoms with Crippen LogP contribution in [0.5, 0.6) is 5.75 Å². The molecule has 0 spiro atoms. The zero-order chi connectivity index (χ0) is 43.0. The fourth-order valence-electron chi connectivity index (χ4n) is 8.35. The van der Waals surface area contributed by atoms with Gasteiger partial charge in [-0.1, -0.05) is 76.9 Å². The van der Waals surface area contributed by atoms with E-state index in [1.807, 2.05) is 75.8 Å². The van der Waals surface area contributed by atoms with Gasteiger partial charge in [-0.25, -0.2) is 9.59 Å². The highest BCUT2D eigenvalue weighted by Gasteiger charge is 2.35. The van der Waals surface area contributed by atoms with Crippen LogP contribution in [0.2, 0.25) is 5.02 Å². The molecule has 11 nitrogen and oxygen atoms in total. The summed E-state index contributed by atoms with van der Waals surface area (Å²) in [6, 6.07) is 17.8. The highest BCUT2D eigenvalue weighted by Crippen LogP contribution is 2.45. The molecule has 5 aromatic rings. The van der Waals surface area contributed by atoms with E-state index in [1.165, 1.54) is 0 Å².